The number of nitrogens with zero attached hydrogens (tertiary/aromatic N) is 3. The van der Waals surface area contributed by atoms with E-state index >= 15 is 0 Å². The summed E-state index contributed by atoms with van der Waals surface area (Å²) in [5, 5.41) is 7.49. The van der Waals surface area contributed by atoms with E-state index in [4.69, 9.17) is 23.1 Å². The van der Waals surface area contributed by atoms with Crippen molar-refractivity contribution in [2.24, 2.45) is 26.7 Å². The van der Waals surface area contributed by atoms with Crippen molar-refractivity contribution in [3.8, 4) is 0 Å². The van der Waals surface area contributed by atoms with Crippen LogP contribution in [-0.4, -0.2) is 25.4 Å². The van der Waals surface area contributed by atoms with Gasteiger partial charge in [-0.3, -0.25) is 4.99 Å². The summed E-state index contributed by atoms with van der Waals surface area (Å²) in [6.07, 6.45) is 2.96. The molecule has 0 aromatic heterocycles. The van der Waals surface area contributed by atoms with Gasteiger partial charge in [-0.15, -0.1) is 5.10 Å². The number of allylic oxidation sites excluding steroid dienone is 2. The summed E-state index contributed by atoms with van der Waals surface area (Å²) in [6.45, 7) is 1.77. The molecule has 0 aromatic carbocycles. The van der Waals surface area contributed by atoms with E-state index in [0.717, 1.165) is 5.57 Å². The van der Waals surface area contributed by atoms with Gasteiger partial charge in [-0.25, -0.2) is 0 Å². The van der Waals surface area contributed by atoms with Crippen molar-refractivity contribution in [2.45, 2.75) is 6.92 Å². The highest BCUT2D eigenvalue weighted by atomic mass is 35.5. The predicted molar refractivity (Wildman–Crippen MR) is 57.3 cm³/mol. The SMILES string of the molecule is CN=C/C(Cl)=C(C)/C=N/N=C(N)N. The van der Waals surface area contributed by atoms with Crippen LogP contribution in [0.4, 0.5) is 0 Å². The van der Waals surface area contributed by atoms with Gasteiger partial charge in [-0.2, -0.15) is 5.10 Å². The topological polar surface area (TPSA) is 89.1 Å². The molecule has 0 heterocycles. The molecule has 6 heteroatoms. The maximum Gasteiger partial charge on any atom is 0.211 e. The van der Waals surface area contributed by atoms with Crippen LogP contribution in [-0.2, 0) is 0 Å². The molecule has 0 saturated heterocycles. The zero-order valence-electron chi connectivity index (χ0n) is 7.53. The third-order valence-corrected chi connectivity index (χ3v) is 1.44. The highest BCUT2D eigenvalue weighted by Crippen LogP contribution is 2.03. The summed E-state index contributed by atoms with van der Waals surface area (Å²) in [5.41, 5.74) is 10.8. The molecule has 0 unspecified atom stereocenters. The molecule has 0 aromatic rings. The van der Waals surface area contributed by atoms with Gasteiger partial charge in [0.15, 0.2) is 0 Å². The van der Waals surface area contributed by atoms with Gasteiger partial charge in [0.05, 0.1) is 11.2 Å². The van der Waals surface area contributed by atoms with Gasteiger partial charge < -0.3 is 11.5 Å². The molecule has 0 fully saturated rings. The summed E-state index contributed by atoms with van der Waals surface area (Å²) in [6, 6.07) is 0. The lowest BCUT2D eigenvalue weighted by atomic mass is 10.3. The van der Waals surface area contributed by atoms with Crippen LogP contribution in [0.15, 0.2) is 25.8 Å². The van der Waals surface area contributed by atoms with E-state index in [1.54, 1.807) is 14.0 Å². The van der Waals surface area contributed by atoms with E-state index in [9.17, 15) is 0 Å². The summed E-state index contributed by atoms with van der Waals surface area (Å²) in [4.78, 5) is 3.74. The first-order chi connectivity index (χ1) is 6.07. The first kappa shape index (κ1) is 11.6. The third-order valence-electron chi connectivity index (χ3n) is 1.04. The van der Waals surface area contributed by atoms with Crippen LogP contribution >= 0.6 is 11.6 Å². The lowest BCUT2D eigenvalue weighted by Crippen LogP contribution is -2.21. The van der Waals surface area contributed by atoms with E-state index in [0.29, 0.717) is 5.03 Å². The largest absolute Gasteiger partial charge is 0.369 e. The number of hydrogen-bond donors (Lipinski definition) is 2. The van der Waals surface area contributed by atoms with E-state index in [2.05, 4.69) is 15.2 Å². The smallest absolute Gasteiger partial charge is 0.211 e. The van der Waals surface area contributed by atoms with Crippen LogP contribution in [0.25, 0.3) is 0 Å². The second-order valence-electron chi connectivity index (χ2n) is 2.19. The van der Waals surface area contributed by atoms with Gasteiger partial charge in [0.25, 0.3) is 0 Å². The molecule has 0 saturated carbocycles. The Labute approximate surface area is 81.9 Å². The molecule has 0 aliphatic carbocycles. The number of aliphatic imine (C=N–C) groups is 1. The Hall–Kier alpha value is -1.36. The van der Waals surface area contributed by atoms with Crippen LogP contribution in [0.2, 0.25) is 0 Å². The zero-order chi connectivity index (χ0) is 10.3. The van der Waals surface area contributed by atoms with Gasteiger partial charge in [0.1, 0.15) is 0 Å². The van der Waals surface area contributed by atoms with Crippen LogP contribution < -0.4 is 11.5 Å². The van der Waals surface area contributed by atoms with Gasteiger partial charge in [-0.1, -0.05) is 11.6 Å². The number of hydrogen-bond acceptors (Lipinski definition) is 3. The average Bonchev–Trinajstić information content (AvgIpc) is 2.04. The van der Waals surface area contributed by atoms with Gasteiger partial charge >= 0.3 is 0 Å². The number of rotatable bonds is 3. The van der Waals surface area contributed by atoms with Gasteiger partial charge in [0, 0.05) is 13.3 Å². The van der Waals surface area contributed by atoms with Crippen molar-refractivity contribution >= 4 is 30.0 Å². The van der Waals surface area contributed by atoms with Crippen molar-refractivity contribution < 1.29 is 0 Å². The Morgan fingerprint density at radius 1 is 1.31 bits per heavy atom. The summed E-state index contributed by atoms with van der Waals surface area (Å²) in [7, 11) is 1.63. The highest BCUT2D eigenvalue weighted by Gasteiger charge is 1.91. The van der Waals surface area contributed by atoms with E-state index in [1.807, 2.05) is 0 Å². The molecule has 0 amide bonds. The van der Waals surface area contributed by atoms with E-state index in [1.165, 1.54) is 12.4 Å². The normalized spacial score (nSPS) is 13.5. The molecular formula is C7H12ClN5. The second kappa shape index (κ2) is 6.19. The second-order valence-corrected chi connectivity index (χ2v) is 2.59. The molecule has 0 atom stereocenters. The molecular weight excluding hydrogens is 190 g/mol. The molecule has 13 heavy (non-hydrogen) atoms. The summed E-state index contributed by atoms with van der Waals surface area (Å²) in [5.74, 6) is -0.0932. The Kier molecular flexibility index (Phi) is 5.54. The number of halogens is 1. The first-order valence-corrected chi connectivity index (χ1v) is 3.86. The zero-order valence-corrected chi connectivity index (χ0v) is 8.28. The maximum absolute atomic E-state index is 5.77. The minimum atomic E-state index is -0.0932. The third kappa shape index (κ3) is 5.86. The molecule has 4 N–H and O–H groups in total. The van der Waals surface area contributed by atoms with Crippen LogP contribution in [0.5, 0.6) is 0 Å². The standard InChI is InChI=1S/C7H12ClN5/c1-5(6(8)4-11-2)3-12-13-7(9)10/h3-4H,1-2H3,(H4,9,10,13)/b6-5-,11-4?,12-3+. The maximum atomic E-state index is 5.77. The Morgan fingerprint density at radius 2 is 1.92 bits per heavy atom. The minimum absolute atomic E-state index is 0.0932. The fourth-order valence-electron chi connectivity index (χ4n) is 0.459. The summed E-state index contributed by atoms with van der Waals surface area (Å²) >= 11 is 5.77. The van der Waals surface area contributed by atoms with Crippen LogP contribution in [0.1, 0.15) is 6.92 Å². The quantitative estimate of drug-likeness (QED) is 0.395. The fourth-order valence-corrected chi connectivity index (χ4v) is 0.605. The lowest BCUT2D eigenvalue weighted by Gasteiger charge is -1.91. The molecule has 5 nitrogen and oxygen atoms in total. The number of nitrogens with two attached hydrogens (primary N) is 2. The number of guanidine groups is 1. The van der Waals surface area contributed by atoms with Crippen molar-refractivity contribution in [3.05, 3.63) is 10.6 Å². The molecule has 72 valence electrons. The van der Waals surface area contributed by atoms with E-state index < -0.39 is 0 Å². The van der Waals surface area contributed by atoms with Crippen molar-refractivity contribution in [1.82, 2.24) is 0 Å². The predicted octanol–water partition coefficient (Wildman–Crippen LogP) is 0.459. The molecule has 0 aliphatic rings. The first-order valence-electron chi connectivity index (χ1n) is 3.48. The lowest BCUT2D eigenvalue weighted by molar-refractivity contribution is 1.21. The van der Waals surface area contributed by atoms with Crippen molar-refractivity contribution in [2.75, 3.05) is 7.05 Å². The monoisotopic (exact) mass is 201 g/mol. The van der Waals surface area contributed by atoms with Gasteiger partial charge in [-0.05, 0) is 12.5 Å². The molecule has 0 bridgehead atoms. The minimum Gasteiger partial charge on any atom is -0.369 e. The summed E-state index contributed by atoms with van der Waals surface area (Å²) < 4.78 is 0. The molecule has 0 spiro atoms. The van der Waals surface area contributed by atoms with Crippen molar-refractivity contribution in [1.29, 1.82) is 0 Å². The Morgan fingerprint density at radius 3 is 2.38 bits per heavy atom. The molecule has 0 aliphatic heterocycles. The van der Waals surface area contributed by atoms with Crippen LogP contribution in [0.3, 0.4) is 0 Å². The Balaban J connectivity index is 4.45. The molecule has 0 radical (unpaired) electrons. The fraction of sp³-hybridized carbons (Fsp3) is 0.286. The molecule has 0 rings (SSSR count). The van der Waals surface area contributed by atoms with E-state index in [-0.39, 0.29) is 5.96 Å². The Bertz CT molecular complexity index is 273. The van der Waals surface area contributed by atoms with Crippen molar-refractivity contribution in [3.63, 3.8) is 0 Å². The average molecular weight is 202 g/mol. The van der Waals surface area contributed by atoms with Crippen LogP contribution in [0, 0.1) is 0 Å². The van der Waals surface area contributed by atoms with Gasteiger partial charge in [0.2, 0.25) is 5.96 Å². The highest BCUT2D eigenvalue weighted by molar-refractivity contribution is 6.40.